The fraction of sp³-hybridized carbons (Fsp3) is 0.273. The fourth-order valence-corrected chi connectivity index (χ4v) is 1.81. The number of likely N-dealkylation sites (N-methyl/N-ethyl adjacent to an activating group) is 1. The number of carbonyl (C=O) groups is 2. The number of amides is 1. The zero-order chi connectivity index (χ0) is 11.9. The summed E-state index contributed by atoms with van der Waals surface area (Å²) in [6, 6.07) is 3.16. The molecule has 0 fully saturated rings. The first-order valence-corrected chi connectivity index (χ1v) is 5.12. The van der Waals surface area contributed by atoms with Crippen LogP contribution in [0.4, 0.5) is 5.69 Å². The van der Waals surface area contributed by atoms with Crippen LogP contribution in [0.25, 0.3) is 0 Å². The first kappa shape index (κ1) is 11.0. The van der Waals surface area contributed by atoms with Crippen molar-refractivity contribution in [3.05, 3.63) is 22.7 Å². The summed E-state index contributed by atoms with van der Waals surface area (Å²) < 4.78 is 5.24. The van der Waals surface area contributed by atoms with E-state index in [-0.39, 0.29) is 18.3 Å². The maximum atomic E-state index is 11.4. The quantitative estimate of drug-likeness (QED) is 0.704. The molecule has 0 aliphatic carbocycles. The molecule has 0 saturated carbocycles. The van der Waals surface area contributed by atoms with Crippen molar-refractivity contribution in [2.24, 2.45) is 0 Å². The number of ether oxygens (including phenoxy) is 1. The van der Waals surface area contributed by atoms with Crippen LogP contribution in [-0.4, -0.2) is 25.3 Å². The lowest BCUT2D eigenvalue weighted by atomic mass is 10.1. The van der Waals surface area contributed by atoms with Crippen LogP contribution in [0.15, 0.2) is 12.1 Å². The minimum absolute atomic E-state index is 0.0252. The molecule has 1 aromatic rings. The minimum atomic E-state index is -0.163. The largest absolute Gasteiger partial charge is 0.480 e. The highest BCUT2D eigenvalue weighted by atomic mass is 35.5. The van der Waals surface area contributed by atoms with Crippen LogP contribution in [0.3, 0.4) is 0 Å². The summed E-state index contributed by atoms with van der Waals surface area (Å²) in [7, 11) is 1.63. The highest BCUT2D eigenvalue weighted by Crippen LogP contribution is 2.38. The molecule has 4 nitrogen and oxygen atoms in total. The van der Waals surface area contributed by atoms with E-state index in [9.17, 15) is 9.59 Å². The molecule has 1 aromatic carbocycles. The number of anilines is 1. The smallest absolute Gasteiger partial charge is 0.264 e. The van der Waals surface area contributed by atoms with E-state index in [2.05, 4.69) is 0 Å². The van der Waals surface area contributed by atoms with Crippen molar-refractivity contribution in [3.63, 3.8) is 0 Å². The lowest BCUT2D eigenvalue weighted by Crippen LogP contribution is -2.35. The Labute approximate surface area is 97.7 Å². The predicted octanol–water partition coefficient (Wildman–Crippen LogP) is 1.90. The van der Waals surface area contributed by atoms with Crippen molar-refractivity contribution in [1.29, 1.82) is 0 Å². The van der Waals surface area contributed by atoms with E-state index in [0.29, 0.717) is 22.0 Å². The summed E-state index contributed by atoms with van der Waals surface area (Å²) in [5, 5.41) is 0.349. The van der Waals surface area contributed by atoms with Crippen molar-refractivity contribution in [2.75, 3.05) is 18.6 Å². The molecule has 84 valence electrons. The second kappa shape index (κ2) is 3.79. The second-order valence-corrected chi connectivity index (χ2v) is 4.01. The first-order valence-electron chi connectivity index (χ1n) is 4.74. The van der Waals surface area contributed by atoms with Crippen molar-refractivity contribution in [2.45, 2.75) is 6.92 Å². The topological polar surface area (TPSA) is 46.6 Å². The Morgan fingerprint density at radius 2 is 2.19 bits per heavy atom. The number of ketones is 1. The Kier molecular flexibility index (Phi) is 2.59. The van der Waals surface area contributed by atoms with Crippen molar-refractivity contribution >= 4 is 29.0 Å². The molecular weight excluding hydrogens is 230 g/mol. The van der Waals surface area contributed by atoms with Gasteiger partial charge in [0.2, 0.25) is 0 Å². The summed E-state index contributed by atoms with van der Waals surface area (Å²) in [6.07, 6.45) is 0. The molecule has 0 unspecified atom stereocenters. The highest BCUT2D eigenvalue weighted by Gasteiger charge is 2.25. The Morgan fingerprint density at radius 3 is 2.81 bits per heavy atom. The summed E-state index contributed by atoms with van der Waals surface area (Å²) in [5.74, 6) is 0.189. The molecule has 0 bridgehead atoms. The normalized spacial score (nSPS) is 14.4. The van der Waals surface area contributed by atoms with Crippen LogP contribution in [0, 0.1) is 0 Å². The summed E-state index contributed by atoms with van der Waals surface area (Å²) in [6.45, 7) is 1.42. The monoisotopic (exact) mass is 239 g/mol. The van der Waals surface area contributed by atoms with E-state index >= 15 is 0 Å². The average molecular weight is 240 g/mol. The Bertz CT molecular complexity index is 484. The molecule has 1 aliphatic heterocycles. The van der Waals surface area contributed by atoms with Crippen LogP contribution in [0.5, 0.6) is 5.75 Å². The van der Waals surface area contributed by atoms with Gasteiger partial charge < -0.3 is 9.64 Å². The van der Waals surface area contributed by atoms with E-state index < -0.39 is 0 Å². The zero-order valence-corrected chi connectivity index (χ0v) is 9.67. The molecule has 0 spiro atoms. The number of hydrogen-bond acceptors (Lipinski definition) is 3. The molecule has 1 amide bonds. The number of benzene rings is 1. The molecule has 0 N–H and O–H groups in total. The second-order valence-electron chi connectivity index (χ2n) is 3.60. The van der Waals surface area contributed by atoms with Gasteiger partial charge in [0.25, 0.3) is 5.91 Å². The van der Waals surface area contributed by atoms with Crippen LogP contribution in [0.1, 0.15) is 17.3 Å². The number of fused-ring (bicyclic) bond motifs is 1. The zero-order valence-electron chi connectivity index (χ0n) is 8.91. The van der Waals surface area contributed by atoms with Gasteiger partial charge in [0.1, 0.15) is 0 Å². The number of Topliss-reactive ketones (excluding diaryl/α,β-unsaturated/α-hetero) is 1. The third-order valence-electron chi connectivity index (χ3n) is 2.51. The van der Waals surface area contributed by atoms with Gasteiger partial charge in [-0.05, 0) is 19.1 Å². The van der Waals surface area contributed by atoms with Gasteiger partial charge in [0.15, 0.2) is 18.1 Å². The molecular formula is C11H10ClNO3. The van der Waals surface area contributed by atoms with E-state index in [1.165, 1.54) is 11.8 Å². The predicted molar refractivity (Wildman–Crippen MR) is 60.4 cm³/mol. The van der Waals surface area contributed by atoms with Gasteiger partial charge in [-0.1, -0.05) is 11.6 Å². The minimum Gasteiger partial charge on any atom is -0.480 e. The van der Waals surface area contributed by atoms with Gasteiger partial charge in [0.05, 0.1) is 10.7 Å². The number of nitrogens with zero attached hydrogens (tertiary/aromatic N) is 1. The van der Waals surface area contributed by atoms with E-state index in [0.717, 1.165) is 0 Å². The first-order chi connectivity index (χ1) is 7.50. The number of rotatable bonds is 1. The van der Waals surface area contributed by atoms with E-state index in [1.807, 2.05) is 0 Å². The molecule has 16 heavy (non-hydrogen) atoms. The summed E-state index contributed by atoms with van der Waals surface area (Å²) >= 11 is 5.99. The van der Waals surface area contributed by atoms with Crippen molar-refractivity contribution < 1.29 is 14.3 Å². The maximum absolute atomic E-state index is 11.4. The van der Waals surface area contributed by atoms with E-state index in [1.54, 1.807) is 19.2 Å². The molecule has 1 heterocycles. The lowest BCUT2D eigenvalue weighted by molar-refractivity contribution is -0.120. The highest BCUT2D eigenvalue weighted by molar-refractivity contribution is 6.33. The van der Waals surface area contributed by atoms with Gasteiger partial charge in [-0.2, -0.15) is 0 Å². The Balaban J connectivity index is 2.60. The third kappa shape index (κ3) is 1.65. The number of halogens is 1. The van der Waals surface area contributed by atoms with E-state index in [4.69, 9.17) is 16.3 Å². The molecule has 1 aliphatic rings. The van der Waals surface area contributed by atoms with Gasteiger partial charge in [0, 0.05) is 12.6 Å². The lowest BCUT2D eigenvalue weighted by Gasteiger charge is -2.26. The Hall–Kier alpha value is -1.55. The molecule has 0 radical (unpaired) electrons. The molecule has 0 aromatic heterocycles. The standard InChI is InChI=1S/C11H10ClNO3/c1-6(14)7-3-8(12)11-9(4-7)13(2)10(15)5-16-11/h3-4H,5H2,1-2H3. The van der Waals surface area contributed by atoms with Gasteiger partial charge in [-0.3, -0.25) is 9.59 Å². The maximum Gasteiger partial charge on any atom is 0.264 e. The van der Waals surface area contributed by atoms with Gasteiger partial charge >= 0.3 is 0 Å². The number of hydrogen-bond donors (Lipinski definition) is 0. The Morgan fingerprint density at radius 1 is 1.50 bits per heavy atom. The van der Waals surface area contributed by atoms with Crippen LogP contribution < -0.4 is 9.64 Å². The SMILES string of the molecule is CC(=O)c1cc(Cl)c2c(c1)N(C)C(=O)CO2. The number of carbonyl (C=O) groups excluding carboxylic acids is 2. The van der Waals surface area contributed by atoms with Crippen LogP contribution >= 0.6 is 11.6 Å². The van der Waals surface area contributed by atoms with Crippen molar-refractivity contribution in [3.8, 4) is 5.75 Å². The fourth-order valence-electron chi connectivity index (χ4n) is 1.54. The molecule has 0 saturated heterocycles. The van der Waals surface area contributed by atoms with Crippen LogP contribution in [0.2, 0.25) is 5.02 Å². The van der Waals surface area contributed by atoms with Gasteiger partial charge in [-0.15, -0.1) is 0 Å². The summed E-state index contributed by atoms with van der Waals surface area (Å²) in [5.41, 5.74) is 1.00. The van der Waals surface area contributed by atoms with Gasteiger partial charge in [-0.25, -0.2) is 0 Å². The average Bonchev–Trinajstić information content (AvgIpc) is 2.23. The van der Waals surface area contributed by atoms with Crippen LogP contribution in [-0.2, 0) is 4.79 Å². The molecule has 0 atom stereocenters. The third-order valence-corrected chi connectivity index (χ3v) is 2.79. The molecule has 2 rings (SSSR count). The molecule has 5 heteroatoms. The summed E-state index contributed by atoms with van der Waals surface area (Å²) in [4.78, 5) is 24.1. The van der Waals surface area contributed by atoms with Crippen molar-refractivity contribution in [1.82, 2.24) is 0 Å².